The van der Waals surface area contributed by atoms with Gasteiger partial charge < -0.3 is 14.3 Å². The van der Waals surface area contributed by atoms with Crippen molar-refractivity contribution >= 4 is 11.5 Å². The van der Waals surface area contributed by atoms with E-state index in [2.05, 4.69) is 15.2 Å². The number of hydrogen-bond acceptors (Lipinski definition) is 6. The van der Waals surface area contributed by atoms with Crippen molar-refractivity contribution in [3.63, 3.8) is 0 Å². The summed E-state index contributed by atoms with van der Waals surface area (Å²) in [7, 11) is 1.60. The summed E-state index contributed by atoms with van der Waals surface area (Å²) < 4.78 is 10.9. The Morgan fingerprint density at radius 2 is 2.17 bits per heavy atom. The zero-order valence-corrected chi connectivity index (χ0v) is 12.9. The molecule has 0 aliphatic carbocycles. The molecule has 0 amide bonds. The van der Waals surface area contributed by atoms with E-state index in [0.29, 0.717) is 12.2 Å². The van der Waals surface area contributed by atoms with Crippen molar-refractivity contribution in [1.29, 1.82) is 0 Å². The highest BCUT2D eigenvalue weighted by molar-refractivity contribution is 6.05. The monoisotopic (exact) mass is 325 g/mol. The third kappa shape index (κ3) is 3.35. The average Bonchev–Trinajstić information content (AvgIpc) is 3.27. The molecule has 0 spiro atoms. The molecule has 0 unspecified atom stereocenters. The van der Waals surface area contributed by atoms with Gasteiger partial charge in [0.05, 0.1) is 7.11 Å². The maximum atomic E-state index is 12.1. The van der Waals surface area contributed by atoms with E-state index in [1.165, 1.54) is 6.33 Å². The summed E-state index contributed by atoms with van der Waals surface area (Å²) in [6.07, 6.45) is 2.77. The number of aliphatic hydroxyl groups is 1. The molecule has 0 saturated carbocycles. The first-order valence-electron chi connectivity index (χ1n) is 7.18. The van der Waals surface area contributed by atoms with Gasteiger partial charge in [0, 0.05) is 18.1 Å². The number of aliphatic hydroxyl groups excluding tert-OH is 1. The normalized spacial score (nSPS) is 11.5. The molecule has 0 fully saturated rings. The maximum absolute atomic E-state index is 12.1. The summed E-state index contributed by atoms with van der Waals surface area (Å²) in [6, 6.07) is 10.9. The van der Waals surface area contributed by atoms with Crippen molar-refractivity contribution in [1.82, 2.24) is 15.2 Å². The number of ether oxygens (including phenoxy) is 1. The Morgan fingerprint density at radius 1 is 1.33 bits per heavy atom. The number of aromatic amines is 1. The van der Waals surface area contributed by atoms with Crippen LogP contribution in [-0.4, -0.2) is 33.2 Å². The van der Waals surface area contributed by atoms with E-state index in [9.17, 15) is 9.90 Å². The smallest absolute Gasteiger partial charge is 0.224 e. The Bertz CT molecular complexity index is 866. The van der Waals surface area contributed by atoms with E-state index < -0.39 is 5.78 Å². The van der Waals surface area contributed by atoms with Gasteiger partial charge in [0.15, 0.2) is 17.3 Å². The van der Waals surface area contributed by atoms with Crippen LogP contribution in [0, 0.1) is 0 Å². The Morgan fingerprint density at radius 3 is 2.92 bits per heavy atom. The summed E-state index contributed by atoms with van der Waals surface area (Å²) in [5.41, 5.74) is 0.952. The van der Waals surface area contributed by atoms with Crippen LogP contribution in [0.15, 0.2) is 53.2 Å². The molecular weight excluding hydrogens is 310 g/mol. The molecule has 0 saturated heterocycles. The van der Waals surface area contributed by atoms with Crippen LogP contribution in [0.2, 0.25) is 0 Å². The number of nitrogens with zero attached hydrogens (tertiary/aromatic N) is 2. The van der Waals surface area contributed by atoms with Crippen LogP contribution in [0.25, 0.3) is 5.76 Å². The van der Waals surface area contributed by atoms with Gasteiger partial charge in [0.2, 0.25) is 5.78 Å². The summed E-state index contributed by atoms with van der Waals surface area (Å²) in [5, 5.41) is 15.9. The molecule has 1 aromatic carbocycles. The van der Waals surface area contributed by atoms with Crippen molar-refractivity contribution in [3.8, 4) is 5.75 Å². The molecule has 3 rings (SSSR count). The fourth-order valence-corrected chi connectivity index (χ4v) is 2.23. The molecule has 0 bridgehead atoms. The lowest BCUT2D eigenvalue weighted by molar-refractivity contribution is 0.101. The number of nitrogens with one attached hydrogen (secondary N) is 1. The SMILES string of the molecule is COc1ccccc1Cc1ccc(C(=O)C=C(O)c2ncn[nH]2)o1. The number of furan rings is 1. The Kier molecular flexibility index (Phi) is 4.42. The lowest BCUT2D eigenvalue weighted by Crippen LogP contribution is -1.96. The van der Waals surface area contributed by atoms with Crippen LogP contribution in [0.5, 0.6) is 5.75 Å². The number of carbonyl (C=O) groups excluding carboxylic acids is 1. The second-order valence-electron chi connectivity index (χ2n) is 4.98. The van der Waals surface area contributed by atoms with Crippen LogP contribution in [0.3, 0.4) is 0 Å². The van der Waals surface area contributed by atoms with Gasteiger partial charge in [-0.25, -0.2) is 4.98 Å². The lowest BCUT2D eigenvalue weighted by Gasteiger charge is -2.06. The second-order valence-corrected chi connectivity index (χ2v) is 4.98. The van der Waals surface area contributed by atoms with Crippen LogP contribution >= 0.6 is 0 Å². The minimum atomic E-state index is -0.463. The highest BCUT2D eigenvalue weighted by Crippen LogP contribution is 2.22. The predicted molar refractivity (Wildman–Crippen MR) is 85.8 cm³/mol. The van der Waals surface area contributed by atoms with Crippen molar-refractivity contribution in [3.05, 3.63) is 71.7 Å². The first-order chi connectivity index (χ1) is 11.7. The largest absolute Gasteiger partial charge is 0.504 e. The van der Waals surface area contributed by atoms with Crippen molar-refractivity contribution in [2.75, 3.05) is 7.11 Å². The molecule has 0 atom stereocenters. The van der Waals surface area contributed by atoms with E-state index in [-0.39, 0.29) is 17.3 Å². The van der Waals surface area contributed by atoms with Crippen molar-refractivity contribution < 1.29 is 19.1 Å². The summed E-state index contributed by atoms with van der Waals surface area (Å²) in [4.78, 5) is 15.9. The molecule has 2 N–H and O–H groups in total. The van der Waals surface area contributed by atoms with E-state index in [4.69, 9.17) is 9.15 Å². The fraction of sp³-hybridized carbons (Fsp3) is 0.118. The van der Waals surface area contributed by atoms with Crippen molar-refractivity contribution in [2.45, 2.75) is 6.42 Å². The quantitative estimate of drug-likeness (QED) is 0.410. The van der Waals surface area contributed by atoms with E-state index in [1.54, 1.807) is 19.2 Å². The maximum Gasteiger partial charge on any atom is 0.224 e. The van der Waals surface area contributed by atoms with Gasteiger partial charge in [-0.3, -0.25) is 9.89 Å². The zero-order chi connectivity index (χ0) is 16.9. The Hall–Kier alpha value is -3.35. The molecule has 0 aliphatic heterocycles. The van der Waals surface area contributed by atoms with Crippen LogP contribution in [0.1, 0.15) is 27.7 Å². The van der Waals surface area contributed by atoms with E-state index in [1.807, 2.05) is 24.3 Å². The molecule has 2 aromatic heterocycles. The Labute approximate surface area is 137 Å². The molecule has 7 heteroatoms. The predicted octanol–water partition coefficient (Wildman–Crippen LogP) is 2.78. The molecule has 7 nitrogen and oxygen atoms in total. The molecule has 24 heavy (non-hydrogen) atoms. The second kappa shape index (κ2) is 6.82. The minimum Gasteiger partial charge on any atom is -0.504 e. The molecule has 3 aromatic rings. The number of H-pyrrole nitrogens is 1. The number of benzene rings is 1. The highest BCUT2D eigenvalue weighted by atomic mass is 16.5. The molecule has 0 aliphatic rings. The number of carbonyl (C=O) groups is 1. The van der Waals surface area contributed by atoms with Crippen LogP contribution in [-0.2, 0) is 6.42 Å². The first kappa shape index (κ1) is 15.5. The fourth-order valence-electron chi connectivity index (χ4n) is 2.23. The topological polar surface area (TPSA) is 101 Å². The molecule has 122 valence electrons. The van der Waals surface area contributed by atoms with Crippen molar-refractivity contribution in [2.24, 2.45) is 0 Å². The number of ketones is 1. The standard InChI is InChI=1S/C17H15N3O4/c1-23-15-5-3-2-4-11(15)8-12-6-7-16(24-12)13(21)9-14(22)17-18-10-19-20-17/h2-7,9-10,22H,8H2,1H3,(H,18,19,20). The van der Waals surface area contributed by atoms with Gasteiger partial charge >= 0.3 is 0 Å². The van der Waals surface area contributed by atoms with Gasteiger partial charge in [-0.1, -0.05) is 18.2 Å². The summed E-state index contributed by atoms with van der Waals surface area (Å²) in [5.74, 6) is 0.852. The number of rotatable bonds is 6. The third-order valence-corrected chi connectivity index (χ3v) is 3.39. The number of aromatic nitrogens is 3. The lowest BCUT2D eigenvalue weighted by atomic mass is 10.1. The number of methoxy groups -OCH3 is 1. The van der Waals surface area contributed by atoms with Gasteiger partial charge in [0.1, 0.15) is 17.8 Å². The summed E-state index contributed by atoms with van der Waals surface area (Å²) >= 11 is 0. The van der Waals surface area contributed by atoms with Gasteiger partial charge in [0.25, 0.3) is 0 Å². The third-order valence-electron chi connectivity index (χ3n) is 3.39. The highest BCUT2D eigenvalue weighted by Gasteiger charge is 2.13. The number of hydrogen-bond donors (Lipinski definition) is 2. The molecular formula is C17H15N3O4. The molecule has 2 heterocycles. The average molecular weight is 325 g/mol. The number of allylic oxidation sites excluding steroid dienone is 1. The zero-order valence-electron chi connectivity index (χ0n) is 12.9. The first-order valence-corrected chi connectivity index (χ1v) is 7.18. The van der Waals surface area contributed by atoms with Crippen LogP contribution in [0.4, 0.5) is 0 Å². The van der Waals surface area contributed by atoms with Gasteiger partial charge in [-0.2, -0.15) is 5.10 Å². The van der Waals surface area contributed by atoms with Crippen LogP contribution < -0.4 is 4.74 Å². The van der Waals surface area contributed by atoms with Gasteiger partial charge in [-0.15, -0.1) is 0 Å². The summed E-state index contributed by atoms with van der Waals surface area (Å²) in [6.45, 7) is 0. The minimum absolute atomic E-state index is 0.115. The van der Waals surface area contributed by atoms with E-state index in [0.717, 1.165) is 17.4 Å². The van der Waals surface area contributed by atoms with E-state index >= 15 is 0 Å². The molecule has 0 radical (unpaired) electrons. The van der Waals surface area contributed by atoms with Gasteiger partial charge in [-0.05, 0) is 18.2 Å². The Balaban J connectivity index is 1.76. The number of para-hydroxylation sites is 1.